The molecule has 0 spiro atoms. The van der Waals surface area contributed by atoms with Gasteiger partial charge in [-0.3, -0.25) is 9.69 Å². The van der Waals surface area contributed by atoms with Crippen molar-refractivity contribution in [3.8, 4) is 0 Å². The summed E-state index contributed by atoms with van der Waals surface area (Å²) in [6, 6.07) is -0.0818. The number of carboxylic acids is 1. The summed E-state index contributed by atoms with van der Waals surface area (Å²) in [4.78, 5) is 26.5. The Labute approximate surface area is 126 Å². The fraction of sp³-hybridized carbons (Fsp3) is 0.857. The third-order valence-electron chi connectivity index (χ3n) is 3.74. The van der Waals surface area contributed by atoms with Crippen molar-refractivity contribution < 1.29 is 19.4 Å². The zero-order valence-electron chi connectivity index (χ0n) is 13.0. The Kier molecular flexibility index (Phi) is 8.07. The zero-order valence-corrected chi connectivity index (χ0v) is 13.0. The van der Waals surface area contributed by atoms with E-state index in [-0.39, 0.29) is 25.2 Å². The number of methoxy groups -OCH3 is 1. The summed E-state index contributed by atoms with van der Waals surface area (Å²) in [6.45, 7) is 5.03. The fourth-order valence-corrected chi connectivity index (χ4v) is 2.45. The minimum absolute atomic E-state index is 0.267. The van der Waals surface area contributed by atoms with Crippen LogP contribution in [0.4, 0.5) is 4.79 Å². The highest BCUT2D eigenvalue weighted by Gasteiger charge is 2.20. The molecular weight excluding hydrogens is 274 g/mol. The van der Waals surface area contributed by atoms with Gasteiger partial charge in [-0.1, -0.05) is 6.42 Å². The molecule has 0 saturated carbocycles. The number of likely N-dealkylation sites (tertiary alicyclic amines) is 1. The van der Waals surface area contributed by atoms with Crippen LogP contribution in [0.3, 0.4) is 0 Å². The van der Waals surface area contributed by atoms with Gasteiger partial charge in [-0.25, -0.2) is 4.79 Å². The van der Waals surface area contributed by atoms with Gasteiger partial charge in [-0.2, -0.15) is 0 Å². The van der Waals surface area contributed by atoms with Gasteiger partial charge in [0.25, 0.3) is 0 Å². The molecule has 1 aliphatic rings. The molecule has 1 heterocycles. The van der Waals surface area contributed by atoms with Gasteiger partial charge in [0, 0.05) is 26.2 Å². The van der Waals surface area contributed by atoms with Gasteiger partial charge < -0.3 is 20.1 Å². The number of nitrogens with zero attached hydrogens (tertiary/aromatic N) is 2. The van der Waals surface area contributed by atoms with E-state index in [2.05, 4.69) is 17.1 Å². The van der Waals surface area contributed by atoms with Crippen LogP contribution in [-0.4, -0.2) is 79.4 Å². The van der Waals surface area contributed by atoms with Gasteiger partial charge in [0.2, 0.25) is 0 Å². The van der Waals surface area contributed by atoms with E-state index in [0.717, 1.165) is 13.1 Å². The number of carboxylic acid groups (broad SMARTS) is 1. The minimum atomic E-state index is -1.02. The molecule has 1 saturated heterocycles. The van der Waals surface area contributed by atoms with Gasteiger partial charge in [0.05, 0.1) is 6.61 Å². The molecule has 2 amide bonds. The van der Waals surface area contributed by atoms with Crippen molar-refractivity contribution in [2.24, 2.45) is 0 Å². The molecule has 1 rings (SSSR count). The molecule has 1 unspecified atom stereocenters. The summed E-state index contributed by atoms with van der Waals surface area (Å²) in [5.74, 6) is -1.02. The number of carbonyl (C=O) groups excluding carboxylic acids is 1. The lowest BCUT2D eigenvalue weighted by Gasteiger charge is -2.33. The number of amides is 2. The topological polar surface area (TPSA) is 82.1 Å². The maximum absolute atomic E-state index is 12.0. The van der Waals surface area contributed by atoms with Crippen LogP contribution in [0, 0.1) is 0 Å². The minimum Gasteiger partial charge on any atom is -0.480 e. The lowest BCUT2D eigenvalue weighted by atomic mass is 10.1. The summed E-state index contributed by atoms with van der Waals surface area (Å²) in [5, 5.41) is 11.7. The summed E-state index contributed by atoms with van der Waals surface area (Å²) >= 11 is 0. The highest BCUT2D eigenvalue weighted by molar-refractivity contribution is 5.80. The van der Waals surface area contributed by atoms with Crippen LogP contribution in [-0.2, 0) is 9.53 Å². The van der Waals surface area contributed by atoms with Gasteiger partial charge in [0.1, 0.15) is 6.54 Å². The summed E-state index contributed by atoms with van der Waals surface area (Å²) in [7, 11) is 1.52. The first-order chi connectivity index (χ1) is 10.0. The number of rotatable bonds is 8. The molecule has 1 aliphatic heterocycles. The monoisotopic (exact) mass is 301 g/mol. The predicted octanol–water partition coefficient (Wildman–Crippen LogP) is 0.603. The van der Waals surface area contributed by atoms with Crippen molar-refractivity contribution in [3.05, 3.63) is 0 Å². The number of carbonyl (C=O) groups is 2. The van der Waals surface area contributed by atoms with Crippen LogP contribution < -0.4 is 5.32 Å². The first-order valence-corrected chi connectivity index (χ1v) is 7.52. The average Bonchev–Trinajstić information content (AvgIpc) is 2.49. The van der Waals surface area contributed by atoms with E-state index in [1.165, 1.54) is 31.3 Å². The van der Waals surface area contributed by atoms with E-state index < -0.39 is 5.97 Å². The van der Waals surface area contributed by atoms with Gasteiger partial charge in [-0.15, -0.1) is 0 Å². The van der Waals surface area contributed by atoms with Crippen molar-refractivity contribution in [3.63, 3.8) is 0 Å². The number of urea groups is 1. The second kappa shape index (κ2) is 9.57. The molecule has 122 valence electrons. The van der Waals surface area contributed by atoms with E-state index in [1.54, 1.807) is 0 Å². The van der Waals surface area contributed by atoms with Crippen molar-refractivity contribution in [1.82, 2.24) is 15.1 Å². The maximum Gasteiger partial charge on any atom is 0.323 e. The molecule has 0 aromatic rings. The van der Waals surface area contributed by atoms with E-state index in [1.807, 2.05) is 0 Å². The molecule has 0 aromatic heterocycles. The molecule has 21 heavy (non-hydrogen) atoms. The molecule has 0 bridgehead atoms. The van der Waals surface area contributed by atoms with Crippen LogP contribution in [0.5, 0.6) is 0 Å². The lowest BCUT2D eigenvalue weighted by Crippen LogP contribution is -2.49. The lowest BCUT2D eigenvalue weighted by molar-refractivity contribution is -0.137. The average molecular weight is 301 g/mol. The van der Waals surface area contributed by atoms with Crippen LogP contribution >= 0.6 is 0 Å². The number of piperidine rings is 1. The molecule has 1 atom stereocenters. The van der Waals surface area contributed by atoms with Crippen LogP contribution in [0.25, 0.3) is 0 Å². The van der Waals surface area contributed by atoms with Crippen molar-refractivity contribution in [1.29, 1.82) is 0 Å². The van der Waals surface area contributed by atoms with Gasteiger partial charge >= 0.3 is 12.0 Å². The normalized spacial score (nSPS) is 17.2. The van der Waals surface area contributed by atoms with Crippen molar-refractivity contribution in [2.45, 2.75) is 32.2 Å². The molecule has 2 N–H and O–H groups in total. The summed E-state index contributed by atoms with van der Waals surface area (Å²) in [6.07, 6.45) is 3.69. The second-order valence-electron chi connectivity index (χ2n) is 5.44. The van der Waals surface area contributed by atoms with Crippen molar-refractivity contribution >= 4 is 12.0 Å². The summed E-state index contributed by atoms with van der Waals surface area (Å²) in [5.41, 5.74) is 0. The highest BCUT2D eigenvalue weighted by atomic mass is 16.5. The number of ether oxygens (including phenoxy) is 1. The first-order valence-electron chi connectivity index (χ1n) is 7.52. The van der Waals surface area contributed by atoms with E-state index >= 15 is 0 Å². The number of hydrogen-bond donors (Lipinski definition) is 2. The Morgan fingerprint density at radius 2 is 2.00 bits per heavy atom. The SMILES string of the molecule is COCCN(CC(=O)O)C(=O)NCC(C)N1CCCCC1. The quantitative estimate of drug-likeness (QED) is 0.686. The summed E-state index contributed by atoms with van der Waals surface area (Å²) < 4.78 is 4.90. The fourth-order valence-electron chi connectivity index (χ4n) is 2.45. The van der Waals surface area contributed by atoms with Crippen LogP contribution in [0.1, 0.15) is 26.2 Å². The largest absolute Gasteiger partial charge is 0.480 e. The van der Waals surface area contributed by atoms with E-state index in [9.17, 15) is 9.59 Å². The third-order valence-corrected chi connectivity index (χ3v) is 3.74. The van der Waals surface area contributed by atoms with Gasteiger partial charge in [0.15, 0.2) is 0 Å². The van der Waals surface area contributed by atoms with Crippen molar-refractivity contribution in [2.75, 3.05) is 46.4 Å². The Hall–Kier alpha value is -1.34. The smallest absolute Gasteiger partial charge is 0.323 e. The molecule has 0 aromatic carbocycles. The Balaban J connectivity index is 2.38. The Morgan fingerprint density at radius 3 is 2.57 bits per heavy atom. The Bertz CT molecular complexity index is 332. The maximum atomic E-state index is 12.0. The first kappa shape index (κ1) is 17.7. The number of nitrogens with one attached hydrogen (secondary N) is 1. The number of aliphatic carboxylic acids is 1. The zero-order chi connectivity index (χ0) is 15.7. The Morgan fingerprint density at radius 1 is 1.33 bits per heavy atom. The van der Waals surface area contributed by atoms with Gasteiger partial charge in [-0.05, 0) is 32.9 Å². The third kappa shape index (κ3) is 6.77. The number of hydrogen-bond acceptors (Lipinski definition) is 4. The van der Waals surface area contributed by atoms with E-state index in [0.29, 0.717) is 13.2 Å². The molecule has 1 fully saturated rings. The van der Waals surface area contributed by atoms with Crippen LogP contribution in [0.15, 0.2) is 0 Å². The highest BCUT2D eigenvalue weighted by Crippen LogP contribution is 2.11. The molecule has 0 aliphatic carbocycles. The van der Waals surface area contributed by atoms with E-state index in [4.69, 9.17) is 9.84 Å². The van der Waals surface area contributed by atoms with Crippen LogP contribution in [0.2, 0.25) is 0 Å². The molecular formula is C14H27N3O4. The second-order valence-corrected chi connectivity index (χ2v) is 5.44. The molecule has 0 radical (unpaired) electrons. The molecule has 7 nitrogen and oxygen atoms in total. The standard InChI is InChI=1S/C14H27N3O4/c1-12(16-6-4-3-5-7-16)10-15-14(20)17(8-9-21-2)11-13(18)19/h12H,3-11H2,1-2H3,(H,15,20)(H,18,19). The predicted molar refractivity (Wildman–Crippen MR) is 79.4 cm³/mol. The molecule has 7 heteroatoms.